The molecule has 0 radical (unpaired) electrons. The van der Waals surface area contributed by atoms with Crippen molar-refractivity contribution in [2.24, 2.45) is 0 Å². The van der Waals surface area contributed by atoms with E-state index in [0.717, 1.165) is 0 Å². The van der Waals surface area contributed by atoms with E-state index >= 15 is 0 Å². The molecule has 1 heterocycles. The quantitative estimate of drug-likeness (QED) is 0.388. The summed E-state index contributed by atoms with van der Waals surface area (Å²) in [6.45, 7) is 1.64. The van der Waals surface area contributed by atoms with Crippen LogP contribution in [0.15, 0.2) is 12.1 Å². The molecule has 0 aromatic carbocycles. The Morgan fingerprint density at radius 3 is 2.80 bits per heavy atom. The molecule has 0 aliphatic rings. The van der Waals surface area contributed by atoms with Gasteiger partial charge in [-0.15, -0.1) is 6.42 Å². The number of hydrogen-bond donors (Lipinski definition) is 0. The summed E-state index contributed by atoms with van der Waals surface area (Å²) in [7, 11) is 0. The summed E-state index contributed by atoms with van der Waals surface area (Å²) in [5.41, 5.74) is 0.849. The molecule has 2 heteroatoms. The second-order valence-electron chi connectivity index (χ2n) is 1.95. The molecular weight excluding hydrogens is 129 g/mol. The monoisotopic (exact) mass is 135 g/mol. The van der Waals surface area contributed by atoms with Gasteiger partial charge in [-0.3, -0.25) is 0 Å². The first kappa shape index (κ1) is 6.76. The Morgan fingerprint density at radius 1 is 1.60 bits per heavy atom. The second kappa shape index (κ2) is 2.49. The first-order valence-electron chi connectivity index (χ1n) is 2.84. The molecule has 0 N–H and O–H groups in total. The SMILES string of the molecule is C#Cc1ccc(C)c(F)n1. The van der Waals surface area contributed by atoms with Crippen molar-refractivity contribution in [2.45, 2.75) is 6.92 Å². The van der Waals surface area contributed by atoms with E-state index in [1.54, 1.807) is 19.1 Å². The third-order valence-corrected chi connectivity index (χ3v) is 1.18. The summed E-state index contributed by atoms with van der Waals surface area (Å²) in [6.07, 6.45) is 4.99. The van der Waals surface area contributed by atoms with Crippen molar-refractivity contribution in [3.8, 4) is 12.3 Å². The van der Waals surface area contributed by atoms with E-state index in [9.17, 15) is 4.39 Å². The highest BCUT2D eigenvalue weighted by atomic mass is 19.1. The molecule has 10 heavy (non-hydrogen) atoms. The topological polar surface area (TPSA) is 12.9 Å². The highest BCUT2D eigenvalue weighted by Crippen LogP contribution is 2.02. The Balaban J connectivity index is 3.20. The van der Waals surface area contributed by atoms with Crippen molar-refractivity contribution in [1.82, 2.24) is 4.98 Å². The second-order valence-corrected chi connectivity index (χ2v) is 1.95. The van der Waals surface area contributed by atoms with Gasteiger partial charge in [0, 0.05) is 5.56 Å². The largest absolute Gasteiger partial charge is 0.216 e. The molecule has 0 aliphatic heterocycles. The zero-order valence-corrected chi connectivity index (χ0v) is 5.56. The molecule has 0 amide bonds. The molecule has 0 aliphatic carbocycles. The summed E-state index contributed by atoms with van der Waals surface area (Å²) in [5, 5.41) is 0. The normalized spacial score (nSPS) is 8.90. The van der Waals surface area contributed by atoms with Crippen LogP contribution >= 0.6 is 0 Å². The third kappa shape index (κ3) is 1.14. The van der Waals surface area contributed by atoms with Crippen LogP contribution in [-0.2, 0) is 0 Å². The number of terminal acetylenes is 1. The average Bonchev–Trinajstić information content (AvgIpc) is 1.95. The van der Waals surface area contributed by atoms with Crippen molar-refractivity contribution < 1.29 is 4.39 Å². The van der Waals surface area contributed by atoms with E-state index in [0.29, 0.717) is 11.3 Å². The molecule has 0 unspecified atom stereocenters. The lowest BCUT2D eigenvalue weighted by Crippen LogP contribution is -1.90. The maximum Gasteiger partial charge on any atom is 0.216 e. The molecule has 0 atom stereocenters. The molecule has 0 saturated carbocycles. The van der Waals surface area contributed by atoms with Gasteiger partial charge in [0.25, 0.3) is 0 Å². The molecule has 0 saturated heterocycles. The predicted molar refractivity (Wildman–Crippen MR) is 36.9 cm³/mol. The third-order valence-electron chi connectivity index (χ3n) is 1.18. The van der Waals surface area contributed by atoms with Gasteiger partial charge in [-0.2, -0.15) is 4.39 Å². The van der Waals surface area contributed by atoms with Gasteiger partial charge in [0.1, 0.15) is 5.69 Å². The fourth-order valence-electron chi connectivity index (χ4n) is 0.584. The summed E-state index contributed by atoms with van der Waals surface area (Å²) in [6, 6.07) is 3.22. The lowest BCUT2D eigenvalue weighted by Gasteiger charge is -1.93. The Kier molecular flexibility index (Phi) is 1.68. The zero-order valence-electron chi connectivity index (χ0n) is 5.56. The van der Waals surface area contributed by atoms with Crippen molar-refractivity contribution >= 4 is 0 Å². The highest BCUT2D eigenvalue weighted by Gasteiger charge is 1.96. The van der Waals surface area contributed by atoms with Crippen LogP contribution in [-0.4, -0.2) is 4.98 Å². The highest BCUT2D eigenvalue weighted by molar-refractivity contribution is 5.26. The van der Waals surface area contributed by atoms with E-state index in [1.165, 1.54) is 0 Å². The van der Waals surface area contributed by atoms with Crippen LogP contribution in [0.1, 0.15) is 11.3 Å². The standard InChI is InChI=1S/C8H6FN/c1-3-7-5-4-6(2)8(9)10-7/h1,4-5H,2H3. The molecule has 50 valence electrons. The number of hydrogen-bond acceptors (Lipinski definition) is 1. The molecule has 0 fully saturated rings. The van der Waals surface area contributed by atoms with E-state index in [-0.39, 0.29) is 0 Å². The number of rotatable bonds is 0. The van der Waals surface area contributed by atoms with Gasteiger partial charge >= 0.3 is 0 Å². The number of pyridine rings is 1. The van der Waals surface area contributed by atoms with Gasteiger partial charge in [-0.1, -0.05) is 12.0 Å². The van der Waals surface area contributed by atoms with Gasteiger partial charge in [0.05, 0.1) is 0 Å². The minimum Gasteiger partial charge on any atom is -0.211 e. The summed E-state index contributed by atoms with van der Waals surface area (Å²) < 4.78 is 12.6. The first-order chi connectivity index (χ1) is 4.74. The van der Waals surface area contributed by atoms with Crippen molar-refractivity contribution in [3.05, 3.63) is 29.3 Å². The van der Waals surface area contributed by atoms with Crippen molar-refractivity contribution in [3.63, 3.8) is 0 Å². The van der Waals surface area contributed by atoms with Crippen LogP contribution < -0.4 is 0 Å². The zero-order chi connectivity index (χ0) is 7.56. The maximum atomic E-state index is 12.6. The van der Waals surface area contributed by atoms with Crippen LogP contribution in [0.4, 0.5) is 4.39 Å². The van der Waals surface area contributed by atoms with Gasteiger partial charge < -0.3 is 0 Å². The lowest BCUT2D eigenvalue weighted by molar-refractivity contribution is 0.573. The lowest BCUT2D eigenvalue weighted by atomic mass is 10.3. The van der Waals surface area contributed by atoms with Crippen LogP contribution in [0.2, 0.25) is 0 Å². The maximum absolute atomic E-state index is 12.6. The van der Waals surface area contributed by atoms with Crippen LogP contribution in [0, 0.1) is 25.2 Å². The van der Waals surface area contributed by atoms with Gasteiger partial charge in [-0.25, -0.2) is 4.98 Å². The van der Waals surface area contributed by atoms with Gasteiger partial charge in [0.2, 0.25) is 5.95 Å². The van der Waals surface area contributed by atoms with Crippen molar-refractivity contribution in [2.75, 3.05) is 0 Å². The van der Waals surface area contributed by atoms with E-state index in [4.69, 9.17) is 6.42 Å². The fourth-order valence-corrected chi connectivity index (χ4v) is 0.584. The molecular formula is C8H6FN. The molecule has 1 nitrogen and oxygen atoms in total. The van der Waals surface area contributed by atoms with E-state index < -0.39 is 5.95 Å². The molecule has 1 aromatic rings. The Hall–Kier alpha value is -1.36. The summed E-state index contributed by atoms with van der Waals surface area (Å²) in [5.74, 6) is 1.75. The average molecular weight is 135 g/mol. The number of nitrogens with zero attached hydrogens (tertiary/aromatic N) is 1. The smallest absolute Gasteiger partial charge is 0.211 e. The predicted octanol–water partition coefficient (Wildman–Crippen LogP) is 1.51. The van der Waals surface area contributed by atoms with E-state index in [1.807, 2.05) is 0 Å². The molecule has 0 spiro atoms. The van der Waals surface area contributed by atoms with Gasteiger partial charge in [-0.05, 0) is 13.0 Å². The van der Waals surface area contributed by atoms with Crippen LogP contribution in [0.25, 0.3) is 0 Å². The van der Waals surface area contributed by atoms with Crippen LogP contribution in [0.5, 0.6) is 0 Å². The van der Waals surface area contributed by atoms with Crippen LogP contribution in [0.3, 0.4) is 0 Å². The number of aryl methyl sites for hydroxylation is 1. The Morgan fingerprint density at radius 2 is 2.30 bits per heavy atom. The fraction of sp³-hybridized carbons (Fsp3) is 0.125. The van der Waals surface area contributed by atoms with E-state index in [2.05, 4.69) is 10.9 Å². The molecule has 0 bridgehead atoms. The number of halogens is 1. The number of aromatic nitrogens is 1. The summed E-state index contributed by atoms with van der Waals surface area (Å²) >= 11 is 0. The summed E-state index contributed by atoms with van der Waals surface area (Å²) in [4.78, 5) is 3.49. The molecule has 1 aromatic heterocycles. The Labute approximate surface area is 58.9 Å². The van der Waals surface area contributed by atoms with Gasteiger partial charge in [0.15, 0.2) is 0 Å². The minimum atomic E-state index is -0.490. The Bertz CT molecular complexity index is 286. The minimum absolute atomic E-state index is 0.336. The van der Waals surface area contributed by atoms with Crippen molar-refractivity contribution in [1.29, 1.82) is 0 Å². The first-order valence-corrected chi connectivity index (χ1v) is 2.84. The molecule has 1 rings (SSSR count).